The third-order valence-corrected chi connectivity index (χ3v) is 7.41. The Labute approximate surface area is 174 Å². The zero-order valence-electron chi connectivity index (χ0n) is 16.5. The van der Waals surface area contributed by atoms with E-state index in [-0.39, 0.29) is 11.9 Å². The van der Waals surface area contributed by atoms with Crippen molar-refractivity contribution in [2.75, 3.05) is 20.1 Å². The van der Waals surface area contributed by atoms with Crippen LogP contribution in [0.15, 0.2) is 42.5 Å². The minimum atomic E-state index is -0.584. The van der Waals surface area contributed by atoms with Crippen LogP contribution in [0, 0.1) is 0 Å². The van der Waals surface area contributed by atoms with E-state index in [4.69, 9.17) is 4.98 Å². The number of aliphatic hydroxyl groups excluding tert-OH is 1. The second kappa shape index (κ2) is 7.52. The van der Waals surface area contributed by atoms with Crippen LogP contribution in [0.25, 0.3) is 10.2 Å². The van der Waals surface area contributed by atoms with Gasteiger partial charge in [-0.15, -0.1) is 11.3 Å². The fraction of sp³-hybridized carbons (Fsp3) is 0.391. The molecule has 0 unspecified atom stereocenters. The van der Waals surface area contributed by atoms with Crippen molar-refractivity contribution in [1.82, 2.24) is 15.2 Å². The van der Waals surface area contributed by atoms with Gasteiger partial charge in [0, 0.05) is 17.9 Å². The zero-order chi connectivity index (χ0) is 20.0. The lowest BCUT2D eigenvalue weighted by Crippen LogP contribution is -2.33. The predicted molar refractivity (Wildman–Crippen MR) is 115 cm³/mol. The third-order valence-electron chi connectivity index (χ3n) is 6.23. The minimum Gasteiger partial charge on any atom is -0.390 e. The van der Waals surface area contributed by atoms with Gasteiger partial charge in [0.15, 0.2) is 0 Å². The molecule has 2 atom stereocenters. The fourth-order valence-corrected chi connectivity index (χ4v) is 5.66. The molecule has 0 bridgehead atoms. The monoisotopic (exact) mass is 407 g/mol. The number of amides is 1. The van der Waals surface area contributed by atoms with Gasteiger partial charge >= 0.3 is 0 Å². The van der Waals surface area contributed by atoms with E-state index < -0.39 is 6.10 Å². The van der Waals surface area contributed by atoms with E-state index in [2.05, 4.69) is 17.3 Å². The van der Waals surface area contributed by atoms with E-state index in [1.54, 1.807) is 11.3 Å². The smallest absolute Gasteiger partial charge is 0.251 e. The molecule has 3 aromatic rings. The van der Waals surface area contributed by atoms with Gasteiger partial charge in [0.05, 0.1) is 27.4 Å². The molecule has 1 saturated heterocycles. The zero-order valence-corrected chi connectivity index (χ0v) is 17.3. The summed E-state index contributed by atoms with van der Waals surface area (Å²) in [5.41, 5.74) is 3.70. The van der Waals surface area contributed by atoms with Crippen molar-refractivity contribution in [3.63, 3.8) is 0 Å². The molecule has 1 aliphatic heterocycles. The van der Waals surface area contributed by atoms with Gasteiger partial charge in [-0.2, -0.15) is 0 Å². The Morgan fingerprint density at radius 3 is 2.83 bits per heavy atom. The number of aromatic nitrogens is 1. The van der Waals surface area contributed by atoms with Crippen molar-refractivity contribution in [3.8, 4) is 0 Å². The van der Waals surface area contributed by atoms with E-state index in [9.17, 15) is 9.90 Å². The van der Waals surface area contributed by atoms with Gasteiger partial charge < -0.3 is 15.3 Å². The number of rotatable bonds is 3. The first kappa shape index (κ1) is 18.7. The molecule has 150 valence electrons. The molecule has 29 heavy (non-hydrogen) atoms. The lowest BCUT2D eigenvalue weighted by molar-refractivity contribution is 0.0858. The minimum absolute atomic E-state index is 0.151. The van der Waals surface area contributed by atoms with Gasteiger partial charge in [-0.3, -0.25) is 4.79 Å². The highest BCUT2D eigenvalue weighted by atomic mass is 32.1. The van der Waals surface area contributed by atoms with Crippen LogP contribution >= 0.6 is 11.3 Å². The standard InChI is InChI=1S/C23H25N3O2S/c1-26-10-8-14(9-11-26)23-24-18-7-6-16(13-20(18)29-23)22(28)25-21-17-5-3-2-4-15(17)12-19(21)27/h2-7,13-14,19,21,27H,8-12H2,1H3,(H,25,28)/t19-,21-/m1/s1. The molecule has 2 aliphatic rings. The molecule has 2 heterocycles. The molecule has 0 spiro atoms. The number of nitrogens with one attached hydrogen (secondary N) is 1. The van der Waals surface area contributed by atoms with Gasteiger partial charge in [0.1, 0.15) is 0 Å². The first-order valence-electron chi connectivity index (χ1n) is 10.2. The van der Waals surface area contributed by atoms with Crippen molar-refractivity contribution in [1.29, 1.82) is 0 Å². The topological polar surface area (TPSA) is 65.5 Å². The van der Waals surface area contributed by atoms with Gasteiger partial charge in [-0.1, -0.05) is 24.3 Å². The van der Waals surface area contributed by atoms with Crippen LogP contribution in [0.4, 0.5) is 0 Å². The Bertz CT molecular complexity index is 1060. The van der Waals surface area contributed by atoms with Crippen LogP contribution in [-0.4, -0.2) is 47.1 Å². The molecule has 1 fully saturated rings. The van der Waals surface area contributed by atoms with Crippen LogP contribution in [0.5, 0.6) is 0 Å². The molecule has 2 N–H and O–H groups in total. The van der Waals surface area contributed by atoms with Crippen LogP contribution in [0.1, 0.15) is 51.3 Å². The molecule has 0 radical (unpaired) electrons. The first-order valence-corrected chi connectivity index (χ1v) is 11.1. The highest BCUT2D eigenvalue weighted by Gasteiger charge is 2.32. The van der Waals surface area contributed by atoms with Crippen LogP contribution in [-0.2, 0) is 6.42 Å². The highest BCUT2D eigenvalue weighted by molar-refractivity contribution is 7.18. The Kier molecular flexibility index (Phi) is 4.86. The second-order valence-electron chi connectivity index (χ2n) is 8.23. The van der Waals surface area contributed by atoms with Crippen molar-refractivity contribution in [3.05, 3.63) is 64.2 Å². The van der Waals surface area contributed by atoms with Crippen LogP contribution in [0.3, 0.4) is 0 Å². The summed E-state index contributed by atoms with van der Waals surface area (Å²) >= 11 is 1.71. The Balaban J connectivity index is 1.36. The average molecular weight is 408 g/mol. The molecule has 1 aromatic heterocycles. The molecular weight excluding hydrogens is 382 g/mol. The lowest BCUT2D eigenvalue weighted by Gasteiger charge is -2.27. The van der Waals surface area contributed by atoms with Gasteiger partial charge in [0.25, 0.3) is 5.91 Å². The average Bonchev–Trinajstić information content (AvgIpc) is 3.29. The number of piperidine rings is 1. The van der Waals surface area contributed by atoms with E-state index in [1.165, 1.54) is 5.01 Å². The maximum Gasteiger partial charge on any atom is 0.251 e. The van der Waals surface area contributed by atoms with Crippen molar-refractivity contribution < 1.29 is 9.90 Å². The summed E-state index contributed by atoms with van der Waals surface area (Å²) in [6, 6.07) is 13.3. The summed E-state index contributed by atoms with van der Waals surface area (Å²) in [5.74, 6) is 0.368. The summed E-state index contributed by atoms with van der Waals surface area (Å²) in [4.78, 5) is 20.1. The fourth-order valence-electron chi connectivity index (χ4n) is 4.49. The maximum absolute atomic E-state index is 12.9. The molecule has 0 saturated carbocycles. The number of carbonyl (C=O) groups excluding carboxylic acids is 1. The third kappa shape index (κ3) is 3.56. The molecular formula is C23H25N3O2S. The number of aliphatic hydroxyl groups is 1. The van der Waals surface area contributed by atoms with E-state index >= 15 is 0 Å². The number of carbonyl (C=O) groups is 1. The number of hydrogen-bond acceptors (Lipinski definition) is 5. The Morgan fingerprint density at radius 1 is 1.21 bits per heavy atom. The summed E-state index contributed by atoms with van der Waals surface area (Å²) in [7, 11) is 2.17. The predicted octanol–water partition coefficient (Wildman–Crippen LogP) is 3.49. The molecule has 1 aliphatic carbocycles. The van der Waals surface area contributed by atoms with Gasteiger partial charge in [-0.25, -0.2) is 4.98 Å². The number of nitrogens with zero attached hydrogens (tertiary/aromatic N) is 2. The second-order valence-corrected chi connectivity index (χ2v) is 9.30. The highest BCUT2D eigenvalue weighted by Crippen LogP contribution is 2.35. The Hall–Kier alpha value is -2.28. The molecule has 5 rings (SSSR count). The number of fused-ring (bicyclic) bond motifs is 2. The van der Waals surface area contributed by atoms with Crippen molar-refractivity contribution in [2.24, 2.45) is 0 Å². The van der Waals surface area contributed by atoms with Crippen LogP contribution < -0.4 is 5.32 Å². The van der Waals surface area contributed by atoms with Crippen molar-refractivity contribution in [2.45, 2.75) is 37.3 Å². The summed E-state index contributed by atoms with van der Waals surface area (Å²) in [5, 5.41) is 14.6. The van der Waals surface area contributed by atoms with Gasteiger partial charge in [-0.05, 0) is 62.3 Å². The number of hydrogen-bond donors (Lipinski definition) is 2. The lowest BCUT2D eigenvalue weighted by atomic mass is 9.98. The normalized spacial score (nSPS) is 22.7. The van der Waals surface area contributed by atoms with Crippen molar-refractivity contribution >= 4 is 27.5 Å². The molecule has 2 aromatic carbocycles. The van der Waals surface area contributed by atoms with E-state index in [0.717, 1.165) is 47.3 Å². The number of thiazole rings is 1. The first-order chi connectivity index (χ1) is 14.1. The van der Waals surface area contributed by atoms with E-state index in [0.29, 0.717) is 17.9 Å². The molecule has 6 heteroatoms. The number of benzene rings is 2. The SMILES string of the molecule is CN1CCC(c2nc3ccc(C(=O)N[C@@H]4c5ccccc5C[C@H]4O)cc3s2)CC1. The summed E-state index contributed by atoms with van der Waals surface area (Å²) in [6.07, 6.45) is 2.28. The number of likely N-dealkylation sites (tertiary alicyclic amines) is 1. The summed E-state index contributed by atoms with van der Waals surface area (Å²) < 4.78 is 1.05. The largest absolute Gasteiger partial charge is 0.390 e. The Morgan fingerprint density at radius 2 is 2.00 bits per heavy atom. The van der Waals surface area contributed by atoms with Crippen LogP contribution in [0.2, 0.25) is 0 Å². The van der Waals surface area contributed by atoms with E-state index in [1.807, 2.05) is 42.5 Å². The summed E-state index contributed by atoms with van der Waals surface area (Å²) in [6.45, 7) is 2.22. The van der Waals surface area contributed by atoms with Gasteiger partial charge in [0.2, 0.25) is 0 Å². The molecule has 1 amide bonds. The maximum atomic E-state index is 12.9. The molecule has 5 nitrogen and oxygen atoms in total. The quantitative estimate of drug-likeness (QED) is 0.698.